The number of aliphatic carboxylic acids is 1. The van der Waals surface area contributed by atoms with Gasteiger partial charge < -0.3 is 24.7 Å². The first-order valence-corrected chi connectivity index (χ1v) is 10.5. The Hall–Kier alpha value is -3.62. The van der Waals surface area contributed by atoms with Crippen molar-refractivity contribution in [3.05, 3.63) is 29.4 Å². The van der Waals surface area contributed by atoms with E-state index in [2.05, 4.69) is 25.4 Å². The van der Waals surface area contributed by atoms with Crippen molar-refractivity contribution in [1.82, 2.24) is 20.1 Å². The summed E-state index contributed by atoms with van der Waals surface area (Å²) in [6, 6.07) is 3.13. The van der Waals surface area contributed by atoms with Gasteiger partial charge in [-0.1, -0.05) is 19.0 Å². The number of rotatable bonds is 7. The minimum atomic E-state index is -0.916. The van der Waals surface area contributed by atoms with Gasteiger partial charge >= 0.3 is 5.97 Å². The molecule has 1 unspecified atom stereocenters. The number of benzene rings is 1. The molecule has 9 heteroatoms. The van der Waals surface area contributed by atoms with Crippen molar-refractivity contribution in [2.75, 3.05) is 12.4 Å². The second-order valence-electron chi connectivity index (χ2n) is 8.43. The van der Waals surface area contributed by atoms with Crippen LogP contribution in [-0.2, 0) is 4.79 Å². The number of carbonyl (C=O) groups is 1. The number of H-pyrrole nitrogens is 1. The number of methoxy groups -OCH3 is 1. The van der Waals surface area contributed by atoms with E-state index in [9.17, 15) is 9.90 Å². The van der Waals surface area contributed by atoms with Gasteiger partial charge in [0.25, 0.3) is 0 Å². The largest absolute Gasteiger partial charge is 0.496 e. The van der Waals surface area contributed by atoms with E-state index in [-0.39, 0.29) is 5.92 Å². The molecule has 168 valence electrons. The van der Waals surface area contributed by atoms with Gasteiger partial charge in [-0.2, -0.15) is 0 Å². The molecule has 32 heavy (non-hydrogen) atoms. The van der Waals surface area contributed by atoms with Crippen molar-refractivity contribution < 1.29 is 19.2 Å². The van der Waals surface area contributed by atoms with Crippen LogP contribution in [0.3, 0.4) is 0 Å². The molecule has 3 heterocycles. The number of nitrogens with zero attached hydrogens (tertiary/aromatic N) is 3. The highest BCUT2D eigenvalue weighted by Crippen LogP contribution is 2.40. The van der Waals surface area contributed by atoms with Gasteiger partial charge in [-0.05, 0) is 45.2 Å². The number of carboxylic acid groups (broad SMARTS) is 1. The first-order valence-electron chi connectivity index (χ1n) is 10.5. The van der Waals surface area contributed by atoms with Gasteiger partial charge in [-0.25, -0.2) is 14.8 Å². The van der Waals surface area contributed by atoms with E-state index in [4.69, 9.17) is 9.26 Å². The topological polar surface area (TPSA) is 126 Å². The van der Waals surface area contributed by atoms with Gasteiger partial charge in [0.15, 0.2) is 0 Å². The van der Waals surface area contributed by atoms with E-state index in [1.165, 1.54) is 0 Å². The Kier molecular flexibility index (Phi) is 5.50. The fourth-order valence-corrected chi connectivity index (χ4v) is 4.13. The lowest BCUT2D eigenvalue weighted by Crippen LogP contribution is -2.31. The third-order valence-corrected chi connectivity index (χ3v) is 5.50. The highest BCUT2D eigenvalue weighted by molar-refractivity contribution is 6.13. The monoisotopic (exact) mass is 437 g/mol. The zero-order valence-corrected chi connectivity index (χ0v) is 19.0. The molecule has 0 bridgehead atoms. The van der Waals surface area contributed by atoms with Crippen LogP contribution in [0.5, 0.6) is 5.75 Å². The van der Waals surface area contributed by atoms with Crippen molar-refractivity contribution in [3.8, 4) is 16.9 Å². The summed E-state index contributed by atoms with van der Waals surface area (Å²) in [6.45, 7) is 9.51. The van der Waals surface area contributed by atoms with Gasteiger partial charge in [0.2, 0.25) is 0 Å². The van der Waals surface area contributed by atoms with Gasteiger partial charge in [-0.3, -0.25) is 0 Å². The number of aromatic amines is 1. The molecule has 3 N–H and O–H groups in total. The van der Waals surface area contributed by atoms with E-state index >= 15 is 0 Å². The zero-order valence-electron chi connectivity index (χ0n) is 19.0. The average Bonchev–Trinajstić information content (AvgIpc) is 3.24. The molecule has 0 amide bonds. The molecule has 4 rings (SSSR count). The Labute approximate surface area is 185 Å². The minimum absolute atomic E-state index is 0.211. The number of aromatic nitrogens is 4. The van der Waals surface area contributed by atoms with Gasteiger partial charge in [0, 0.05) is 16.5 Å². The standard InChI is InChI=1S/C23H27N5O4/c1-10(2)7-17(23(29)30)27-22-20-14-9-18(31-6)15(19-11(3)28-32-12(19)4)8-16(14)26-21(20)24-13(5)25-22/h8-10,17H,7H2,1-6H3,(H,29,30)(H2,24,25,26,27). The summed E-state index contributed by atoms with van der Waals surface area (Å²) in [6.07, 6.45) is 0.474. The number of nitrogens with one attached hydrogen (secondary N) is 2. The minimum Gasteiger partial charge on any atom is -0.496 e. The summed E-state index contributed by atoms with van der Waals surface area (Å²) in [7, 11) is 1.61. The average molecular weight is 438 g/mol. The Bertz CT molecular complexity index is 1300. The zero-order chi connectivity index (χ0) is 23.2. The quantitative estimate of drug-likeness (QED) is 0.383. The predicted molar refractivity (Wildman–Crippen MR) is 122 cm³/mol. The van der Waals surface area contributed by atoms with Crippen molar-refractivity contribution in [1.29, 1.82) is 0 Å². The lowest BCUT2D eigenvalue weighted by molar-refractivity contribution is -0.138. The van der Waals surface area contributed by atoms with E-state index in [0.29, 0.717) is 35.2 Å². The lowest BCUT2D eigenvalue weighted by atomic mass is 10.0. The maximum Gasteiger partial charge on any atom is 0.326 e. The van der Waals surface area contributed by atoms with Crippen molar-refractivity contribution in [3.63, 3.8) is 0 Å². The second-order valence-corrected chi connectivity index (χ2v) is 8.43. The Morgan fingerprint density at radius 3 is 2.59 bits per heavy atom. The van der Waals surface area contributed by atoms with Gasteiger partial charge in [-0.15, -0.1) is 0 Å². The third kappa shape index (κ3) is 3.74. The number of carboxylic acids is 1. The molecule has 3 aromatic heterocycles. The molecule has 0 radical (unpaired) electrons. The number of aryl methyl sites for hydroxylation is 3. The first kappa shape index (κ1) is 21.6. The highest BCUT2D eigenvalue weighted by atomic mass is 16.5. The van der Waals surface area contributed by atoms with Crippen molar-refractivity contribution in [2.45, 2.75) is 47.1 Å². The maximum atomic E-state index is 11.9. The first-order chi connectivity index (χ1) is 15.2. The van der Waals surface area contributed by atoms with Crippen LogP contribution < -0.4 is 10.1 Å². The number of ether oxygens (including phenoxy) is 1. The number of fused-ring (bicyclic) bond motifs is 3. The molecular weight excluding hydrogens is 410 g/mol. The molecule has 0 spiro atoms. The molecule has 4 aromatic rings. The second kappa shape index (κ2) is 8.14. The molecule has 0 aliphatic rings. The van der Waals surface area contributed by atoms with E-state index in [1.54, 1.807) is 14.0 Å². The van der Waals surface area contributed by atoms with Crippen LogP contribution in [0, 0.1) is 26.7 Å². The van der Waals surface area contributed by atoms with Crippen LogP contribution in [0.4, 0.5) is 5.82 Å². The normalized spacial score (nSPS) is 12.6. The van der Waals surface area contributed by atoms with E-state index < -0.39 is 12.0 Å². The van der Waals surface area contributed by atoms with Crippen LogP contribution in [0.25, 0.3) is 33.1 Å². The third-order valence-electron chi connectivity index (χ3n) is 5.50. The lowest BCUT2D eigenvalue weighted by Gasteiger charge is -2.18. The highest BCUT2D eigenvalue weighted by Gasteiger charge is 2.24. The Morgan fingerprint density at radius 2 is 2.00 bits per heavy atom. The molecule has 1 aromatic carbocycles. The SMILES string of the molecule is COc1cc2c(cc1-c1c(C)noc1C)[nH]c1nc(C)nc(NC(CC(C)C)C(=O)O)c12. The summed E-state index contributed by atoms with van der Waals surface area (Å²) in [5, 5.41) is 18.5. The summed E-state index contributed by atoms with van der Waals surface area (Å²) < 4.78 is 11.1. The fraction of sp³-hybridized carbons (Fsp3) is 0.391. The predicted octanol–water partition coefficient (Wildman–Crippen LogP) is 4.61. The molecule has 0 aliphatic carbocycles. The van der Waals surface area contributed by atoms with E-state index in [0.717, 1.165) is 33.1 Å². The summed E-state index contributed by atoms with van der Waals surface area (Å²) in [4.78, 5) is 24.3. The maximum absolute atomic E-state index is 11.9. The summed E-state index contributed by atoms with van der Waals surface area (Å²) in [5.74, 6) is 1.67. The summed E-state index contributed by atoms with van der Waals surface area (Å²) in [5.41, 5.74) is 3.96. The van der Waals surface area contributed by atoms with Crippen LogP contribution in [0.15, 0.2) is 16.7 Å². The molecule has 0 aliphatic heterocycles. The molecular formula is C23H27N5O4. The van der Waals surface area contributed by atoms with Crippen molar-refractivity contribution in [2.24, 2.45) is 5.92 Å². The van der Waals surface area contributed by atoms with Crippen LogP contribution in [-0.4, -0.2) is 44.3 Å². The van der Waals surface area contributed by atoms with Crippen LogP contribution in [0.1, 0.15) is 37.5 Å². The number of hydrogen-bond donors (Lipinski definition) is 3. The van der Waals surface area contributed by atoms with Crippen LogP contribution in [0.2, 0.25) is 0 Å². The number of anilines is 1. The molecule has 1 atom stereocenters. The van der Waals surface area contributed by atoms with Gasteiger partial charge in [0.1, 0.15) is 34.8 Å². The molecule has 9 nitrogen and oxygen atoms in total. The molecule has 0 fully saturated rings. The van der Waals surface area contributed by atoms with E-state index in [1.807, 2.05) is 39.8 Å². The van der Waals surface area contributed by atoms with Crippen LogP contribution >= 0.6 is 0 Å². The Balaban J connectivity index is 1.94. The smallest absolute Gasteiger partial charge is 0.326 e. The number of hydrogen-bond acceptors (Lipinski definition) is 7. The molecule has 0 saturated heterocycles. The van der Waals surface area contributed by atoms with Gasteiger partial charge in [0.05, 0.1) is 23.8 Å². The summed E-state index contributed by atoms with van der Waals surface area (Å²) >= 11 is 0. The van der Waals surface area contributed by atoms with Crippen molar-refractivity contribution >= 4 is 33.7 Å². The molecule has 0 saturated carbocycles. The Morgan fingerprint density at radius 1 is 1.25 bits per heavy atom. The fourth-order valence-electron chi connectivity index (χ4n) is 4.13.